The number of benzene rings is 2. The van der Waals surface area contributed by atoms with Crippen molar-refractivity contribution in [3.8, 4) is 0 Å². The fourth-order valence-corrected chi connectivity index (χ4v) is 5.33. The second-order valence-electron chi connectivity index (χ2n) is 7.89. The van der Waals surface area contributed by atoms with Gasteiger partial charge in [0.25, 0.3) is 0 Å². The van der Waals surface area contributed by atoms with Crippen molar-refractivity contribution >= 4 is 21.4 Å². The van der Waals surface area contributed by atoms with Crippen LogP contribution < -0.4 is 0 Å². The van der Waals surface area contributed by atoms with Gasteiger partial charge in [-0.05, 0) is 52.2 Å². The first-order chi connectivity index (χ1) is 13.3. The molecule has 2 aromatic carbocycles. The summed E-state index contributed by atoms with van der Waals surface area (Å²) in [5, 5.41) is 3.54. The zero-order valence-corrected chi connectivity index (χ0v) is 16.7. The van der Waals surface area contributed by atoms with E-state index in [0.717, 1.165) is 45.9 Å². The van der Waals surface area contributed by atoms with E-state index in [2.05, 4.69) is 64.7 Å². The second-order valence-corrected chi connectivity index (χ2v) is 8.84. The summed E-state index contributed by atoms with van der Waals surface area (Å²) in [4.78, 5) is 4.96. The molecule has 0 amide bonds. The molecular formula is C23H26N2OS. The summed E-state index contributed by atoms with van der Waals surface area (Å²) in [6.45, 7) is 6.98. The topological polar surface area (TPSA) is 15.7 Å². The monoisotopic (exact) mass is 378 g/mol. The molecule has 5 rings (SSSR count). The number of ether oxygens (including phenoxy) is 1. The molecule has 140 valence electrons. The molecule has 0 saturated carbocycles. The minimum atomic E-state index is 0.461. The van der Waals surface area contributed by atoms with Crippen LogP contribution >= 0.6 is 11.3 Å². The molecule has 0 aliphatic carbocycles. The quantitative estimate of drug-likeness (QED) is 0.675. The summed E-state index contributed by atoms with van der Waals surface area (Å²) < 4.78 is 6.88. The van der Waals surface area contributed by atoms with Crippen LogP contribution in [0.25, 0.3) is 10.1 Å². The molecule has 1 saturated heterocycles. The molecule has 0 N–H and O–H groups in total. The lowest BCUT2D eigenvalue weighted by molar-refractivity contribution is 0.0341. The zero-order valence-electron chi connectivity index (χ0n) is 15.9. The van der Waals surface area contributed by atoms with Gasteiger partial charge < -0.3 is 9.64 Å². The molecule has 1 aromatic heterocycles. The highest BCUT2D eigenvalue weighted by atomic mass is 32.1. The van der Waals surface area contributed by atoms with Gasteiger partial charge in [-0.1, -0.05) is 30.3 Å². The number of thiophene rings is 1. The van der Waals surface area contributed by atoms with E-state index in [-0.39, 0.29) is 0 Å². The third kappa shape index (κ3) is 3.55. The van der Waals surface area contributed by atoms with Crippen LogP contribution in [-0.4, -0.2) is 49.7 Å². The van der Waals surface area contributed by atoms with Crippen LogP contribution in [-0.2, 0) is 17.8 Å². The van der Waals surface area contributed by atoms with Gasteiger partial charge in [0.05, 0.1) is 13.2 Å². The molecule has 0 radical (unpaired) electrons. The molecule has 1 fully saturated rings. The molecule has 2 aliphatic heterocycles. The van der Waals surface area contributed by atoms with E-state index >= 15 is 0 Å². The summed E-state index contributed by atoms with van der Waals surface area (Å²) in [6, 6.07) is 16.4. The number of rotatable bonds is 3. The van der Waals surface area contributed by atoms with E-state index in [1.54, 1.807) is 0 Å². The van der Waals surface area contributed by atoms with Crippen molar-refractivity contribution in [2.24, 2.45) is 0 Å². The molecule has 27 heavy (non-hydrogen) atoms. The van der Waals surface area contributed by atoms with Gasteiger partial charge in [-0.2, -0.15) is 0 Å². The molecule has 0 spiro atoms. The van der Waals surface area contributed by atoms with Gasteiger partial charge in [0.2, 0.25) is 0 Å². The van der Waals surface area contributed by atoms with Crippen molar-refractivity contribution in [2.45, 2.75) is 19.0 Å². The average molecular weight is 379 g/mol. The van der Waals surface area contributed by atoms with Crippen molar-refractivity contribution < 1.29 is 4.74 Å². The number of hydrogen-bond acceptors (Lipinski definition) is 4. The summed E-state index contributed by atoms with van der Waals surface area (Å²) >= 11 is 1.84. The fraction of sp³-hybridized carbons (Fsp3) is 0.391. The number of morpholine rings is 1. The summed E-state index contributed by atoms with van der Waals surface area (Å²) in [5.74, 6) is 0.461. The van der Waals surface area contributed by atoms with Gasteiger partial charge in [-0.25, -0.2) is 0 Å². The summed E-state index contributed by atoms with van der Waals surface area (Å²) in [6.07, 6.45) is 0. The Kier molecular flexibility index (Phi) is 4.74. The van der Waals surface area contributed by atoms with Crippen molar-refractivity contribution in [3.63, 3.8) is 0 Å². The minimum Gasteiger partial charge on any atom is -0.379 e. The Balaban J connectivity index is 1.45. The Labute approximate surface area is 165 Å². The normalized spacial score (nSPS) is 21.4. The average Bonchev–Trinajstić information content (AvgIpc) is 3.15. The van der Waals surface area contributed by atoms with Crippen LogP contribution in [0.4, 0.5) is 0 Å². The molecule has 2 aliphatic rings. The molecule has 0 bridgehead atoms. The lowest BCUT2D eigenvalue weighted by Crippen LogP contribution is -2.36. The van der Waals surface area contributed by atoms with Gasteiger partial charge in [0.1, 0.15) is 0 Å². The van der Waals surface area contributed by atoms with E-state index < -0.39 is 0 Å². The lowest BCUT2D eigenvalue weighted by Gasteiger charge is -2.33. The molecule has 3 heterocycles. The van der Waals surface area contributed by atoms with Crippen molar-refractivity contribution in [2.75, 3.05) is 39.9 Å². The number of hydrogen-bond donors (Lipinski definition) is 0. The Hall–Kier alpha value is -1.72. The highest BCUT2D eigenvalue weighted by Crippen LogP contribution is 2.35. The summed E-state index contributed by atoms with van der Waals surface area (Å²) in [7, 11) is 2.24. The van der Waals surface area contributed by atoms with Crippen LogP contribution in [0.5, 0.6) is 0 Å². The number of fused-ring (bicyclic) bond motifs is 2. The molecular weight excluding hydrogens is 352 g/mol. The maximum Gasteiger partial charge on any atom is 0.0594 e. The fourth-order valence-electron chi connectivity index (χ4n) is 4.49. The van der Waals surface area contributed by atoms with Crippen LogP contribution in [0, 0.1) is 0 Å². The van der Waals surface area contributed by atoms with Crippen molar-refractivity contribution in [1.29, 1.82) is 0 Å². The number of nitrogens with zero attached hydrogens (tertiary/aromatic N) is 2. The third-order valence-corrected chi connectivity index (χ3v) is 6.79. The first-order valence-electron chi connectivity index (χ1n) is 9.84. The van der Waals surface area contributed by atoms with E-state index in [9.17, 15) is 0 Å². The Morgan fingerprint density at radius 3 is 2.85 bits per heavy atom. The smallest absolute Gasteiger partial charge is 0.0594 e. The molecule has 1 atom stereocenters. The third-order valence-electron chi connectivity index (χ3n) is 5.91. The highest BCUT2D eigenvalue weighted by Gasteiger charge is 2.25. The summed E-state index contributed by atoms with van der Waals surface area (Å²) in [5.41, 5.74) is 5.87. The Morgan fingerprint density at radius 2 is 1.96 bits per heavy atom. The van der Waals surface area contributed by atoms with Gasteiger partial charge in [-0.3, -0.25) is 4.90 Å². The maximum absolute atomic E-state index is 5.48. The molecule has 3 aromatic rings. The van der Waals surface area contributed by atoms with E-state index in [0.29, 0.717) is 5.92 Å². The van der Waals surface area contributed by atoms with Crippen LogP contribution in [0.3, 0.4) is 0 Å². The predicted octanol–water partition coefficient (Wildman–Crippen LogP) is 4.31. The second kappa shape index (κ2) is 7.36. The number of likely N-dealkylation sites (N-methyl/N-ethyl adjacent to an activating group) is 1. The molecule has 3 nitrogen and oxygen atoms in total. The van der Waals surface area contributed by atoms with Crippen molar-refractivity contribution in [1.82, 2.24) is 9.80 Å². The van der Waals surface area contributed by atoms with Crippen LogP contribution in [0.15, 0.2) is 47.8 Å². The SMILES string of the molecule is CN1Cc2cc(CN3CCOCC3)ccc2C(c2ccc3ccsc3c2)C1. The first-order valence-corrected chi connectivity index (χ1v) is 10.7. The Bertz CT molecular complexity index is 944. The molecule has 4 heteroatoms. The first kappa shape index (κ1) is 17.4. The van der Waals surface area contributed by atoms with Crippen molar-refractivity contribution in [3.05, 3.63) is 70.1 Å². The lowest BCUT2D eigenvalue weighted by atomic mass is 9.84. The van der Waals surface area contributed by atoms with Gasteiger partial charge in [-0.15, -0.1) is 11.3 Å². The van der Waals surface area contributed by atoms with Gasteiger partial charge in [0.15, 0.2) is 0 Å². The van der Waals surface area contributed by atoms with E-state index in [1.165, 1.54) is 32.3 Å². The minimum absolute atomic E-state index is 0.461. The van der Waals surface area contributed by atoms with E-state index in [1.807, 2.05) is 11.3 Å². The maximum atomic E-state index is 5.48. The largest absolute Gasteiger partial charge is 0.379 e. The standard InChI is InChI=1S/C23H26N2OS/c1-24-15-20-12-17(14-25-7-9-26-10-8-25)2-5-21(20)22(16-24)19-4-3-18-6-11-27-23(18)13-19/h2-6,11-13,22H,7-10,14-16H2,1H3. The highest BCUT2D eigenvalue weighted by molar-refractivity contribution is 7.17. The van der Waals surface area contributed by atoms with Crippen LogP contribution in [0.2, 0.25) is 0 Å². The zero-order chi connectivity index (χ0) is 18.2. The Morgan fingerprint density at radius 1 is 1.07 bits per heavy atom. The van der Waals surface area contributed by atoms with E-state index in [4.69, 9.17) is 4.74 Å². The molecule has 1 unspecified atom stereocenters. The van der Waals surface area contributed by atoms with Gasteiger partial charge in [0, 0.05) is 43.3 Å². The predicted molar refractivity (Wildman–Crippen MR) is 113 cm³/mol. The van der Waals surface area contributed by atoms with Gasteiger partial charge >= 0.3 is 0 Å². The van der Waals surface area contributed by atoms with Crippen LogP contribution in [0.1, 0.15) is 28.2 Å².